The molecule has 0 unspecified atom stereocenters. The van der Waals surface area contributed by atoms with Gasteiger partial charge >= 0.3 is 0 Å². The molecular formula is C9H10N2O2. The highest BCUT2D eigenvalue weighted by Gasteiger charge is 2.02. The van der Waals surface area contributed by atoms with Crippen molar-refractivity contribution in [2.24, 2.45) is 5.18 Å². The van der Waals surface area contributed by atoms with Gasteiger partial charge in [-0.3, -0.25) is 4.79 Å². The van der Waals surface area contributed by atoms with Crippen molar-refractivity contribution < 1.29 is 4.79 Å². The molecular weight excluding hydrogens is 168 g/mol. The second-order valence-corrected chi connectivity index (χ2v) is 2.65. The monoisotopic (exact) mass is 178 g/mol. The zero-order valence-corrected chi connectivity index (χ0v) is 7.28. The first-order valence-corrected chi connectivity index (χ1v) is 3.88. The van der Waals surface area contributed by atoms with Gasteiger partial charge in [-0.15, -0.1) is 0 Å². The lowest BCUT2D eigenvalue weighted by Gasteiger charge is -2.04. The zero-order chi connectivity index (χ0) is 9.68. The van der Waals surface area contributed by atoms with E-state index in [2.05, 4.69) is 10.5 Å². The van der Waals surface area contributed by atoms with Crippen molar-refractivity contribution in [3.8, 4) is 0 Å². The van der Waals surface area contributed by atoms with Crippen LogP contribution >= 0.6 is 0 Å². The lowest BCUT2D eigenvalue weighted by Crippen LogP contribution is -2.14. The Balaban J connectivity index is 2.68. The number of carbonyl (C=O) groups is 1. The molecule has 0 spiro atoms. The van der Waals surface area contributed by atoms with E-state index in [1.165, 1.54) is 0 Å². The Morgan fingerprint density at radius 1 is 1.46 bits per heavy atom. The minimum absolute atomic E-state index is 0.339. The Bertz CT molecular complexity index is 323. The normalized spacial score (nSPS) is 9.31. The summed E-state index contributed by atoms with van der Waals surface area (Å²) in [5.74, 6) is -0.385. The number of anilines is 1. The van der Waals surface area contributed by atoms with E-state index in [4.69, 9.17) is 0 Å². The molecule has 0 radical (unpaired) electrons. The summed E-state index contributed by atoms with van der Waals surface area (Å²) in [5, 5.41) is 5.08. The molecule has 0 saturated heterocycles. The van der Waals surface area contributed by atoms with Crippen molar-refractivity contribution in [1.82, 2.24) is 0 Å². The van der Waals surface area contributed by atoms with Gasteiger partial charge in [-0.05, 0) is 18.6 Å². The summed E-state index contributed by atoms with van der Waals surface area (Å²) < 4.78 is 0. The maximum Gasteiger partial charge on any atom is 0.249 e. The first-order valence-electron chi connectivity index (χ1n) is 3.88. The van der Waals surface area contributed by atoms with Gasteiger partial charge in [0.1, 0.15) is 0 Å². The lowest BCUT2D eigenvalue weighted by molar-refractivity contribution is -0.114. The van der Waals surface area contributed by atoms with Crippen LogP contribution in [0.5, 0.6) is 0 Å². The summed E-state index contributed by atoms with van der Waals surface area (Å²) in [4.78, 5) is 20.7. The van der Waals surface area contributed by atoms with Gasteiger partial charge < -0.3 is 5.32 Å². The lowest BCUT2D eigenvalue weighted by atomic mass is 10.2. The number of nitroso groups, excluding NO2 is 1. The zero-order valence-electron chi connectivity index (χ0n) is 7.28. The summed E-state index contributed by atoms with van der Waals surface area (Å²) in [6, 6.07) is 7.35. The van der Waals surface area contributed by atoms with Crippen molar-refractivity contribution in [2.45, 2.75) is 6.92 Å². The summed E-state index contributed by atoms with van der Waals surface area (Å²) in [6.45, 7) is 1.54. The number of hydrogen-bond donors (Lipinski definition) is 1. The maximum absolute atomic E-state index is 11.0. The van der Waals surface area contributed by atoms with Crippen molar-refractivity contribution in [3.05, 3.63) is 34.7 Å². The van der Waals surface area contributed by atoms with Gasteiger partial charge in [0.25, 0.3) is 0 Å². The molecule has 0 aliphatic carbocycles. The van der Waals surface area contributed by atoms with Crippen LogP contribution in [-0.4, -0.2) is 12.5 Å². The Kier molecular flexibility index (Phi) is 3.14. The molecule has 4 heteroatoms. The van der Waals surface area contributed by atoms with Crippen LogP contribution in [0.4, 0.5) is 5.69 Å². The third-order valence-corrected chi connectivity index (χ3v) is 1.63. The van der Waals surface area contributed by atoms with Crippen LogP contribution in [-0.2, 0) is 4.79 Å². The summed E-state index contributed by atoms with van der Waals surface area (Å²) in [6.07, 6.45) is 0. The molecule has 0 saturated carbocycles. The largest absolute Gasteiger partial charge is 0.324 e. The Morgan fingerprint density at radius 2 is 2.15 bits per heavy atom. The second-order valence-electron chi connectivity index (χ2n) is 2.65. The van der Waals surface area contributed by atoms with E-state index in [1.54, 1.807) is 6.07 Å². The molecule has 0 bridgehead atoms. The molecule has 0 heterocycles. The molecule has 0 aliphatic heterocycles. The predicted octanol–water partition coefficient (Wildman–Crippen LogP) is 1.70. The van der Waals surface area contributed by atoms with Crippen LogP contribution in [0.1, 0.15) is 5.56 Å². The highest BCUT2D eigenvalue weighted by Crippen LogP contribution is 2.12. The smallest absolute Gasteiger partial charge is 0.249 e. The van der Waals surface area contributed by atoms with Gasteiger partial charge in [-0.1, -0.05) is 23.4 Å². The predicted molar refractivity (Wildman–Crippen MR) is 50.5 cm³/mol. The molecule has 0 atom stereocenters. The number of aryl methyl sites for hydroxylation is 1. The van der Waals surface area contributed by atoms with Crippen LogP contribution in [0.3, 0.4) is 0 Å². The van der Waals surface area contributed by atoms with E-state index in [0.29, 0.717) is 0 Å². The molecule has 13 heavy (non-hydrogen) atoms. The summed E-state index contributed by atoms with van der Waals surface area (Å²) >= 11 is 0. The molecule has 1 N–H and O–H groups in total. The Morgan fingerprint density at radius 3 is 2.77 bits per heavy atom. The number of nitrogens with one attached hydrogen (secondary N) is 1. The molecule has 1 rings (SSSR count). The van der Waals surface area contributed by atoms with Crippen LogP contribution < -0.4 is 5.32 Å². The first-order chi connectivity index (χ1) is 6.24. The quantitative estimate of drug-likeness (QED) is 0.716. The molecule has 1 aromatic carbocycles. The fraction of sp³-hybridized carbons (Fsp3) is 0.222. The number of carbonyl (C=O) groups excluding carboxylic acids is 1. The number of rotatable bonds is 3. The number of nitrogens with zero attached hydrogens (tertiary/aromatic N) is 1. The highest BCUT2D eigenvalue weighted by atomic mass is 16.3. The van der Waals surface area contributed by atoms with Crippen molar-refractivity contribution >= 4 is 11.6 Å². The van der Waals surface area contributed by atoms with Gasteiger partial charge in [0.2, 0.25) is 5.91 Å². The van der Waals surface area contributed by atoms with Gasteiger partial charge in [0.05, 0.1) is 0 Å². The topological polar surface area (TPSA) is 58.5 Å². The molecule has 68 valence electrons. The second kappa shape index (κ2) is 4.35. The number of para-hydroxylation sites is 1. The van der Waals surface area contributed by atoms with E-state index in [1.807, 2.05) is 25.1 Å². The van der Waals surface area contributed by atoms with E-state index in [9.17, 15) is 9.70 Å². The number of amides is 1. The third kappa shape index (κ3) is 2.66. The number of benzene rings is 1. The summed E-state index contributed by atoms with van der Waals surface area (Å²) in [5.41, 5.74) is 1.68. The minimum Gasteiger partial charge on any atom is -0.324 e. The van der Waals surface area contributed by atoms with E-state index < -0.39 is 0 Å². The average Bonchev–Trinajstić information content (AvgIpc) is 2.09. The van der Waals surface area contributed by atoms with Gasteiger partial charge in [-0.25, -0.2) is 0 Å². The Hall–Kier alpha value is -1.71. The van der Waals surface area contributed by atoms with E-state index in [0.717, 1.165) is 11.3 Å². The average molecular weight is 178 g/mol. The van der Waals surface area contributed by atoms with Gasteiger partial charge in [0.15, 0.2) is 6.54 Å². The van der Waals surface area contributed by atoms with Crippen LogP contribution in [0.2, 0.25) is 0 Å². The molecule has 1 amide bonds. The van der Waals surface area contributed by atoms with Gasteiger partial charge in [0, 0.05) is 5.69 Å². The van der Waals surface area contributed by atoms with Crippen molar-refractivity contribution in [2.75, 3.05) is 11.9 Å². The number of hydrogen-bond acceptors (Lipinski definition) is 3. The van der Waals surface area contributed by atoms with Crippen LogP contribution in [0.15, 0.2) is 29.4 Å². The highest BCUT2D eigenvalue weighted by molar-refractivity contribution is 5.92. The SMILES string of the molecule is Cc1ccccc1NC(=O)CN=O. The van der Waals surface area contributed by atoms with Crippen molar-refractivity contribution in [1.29, 1.82) is 0 Å². The fourth-order valence-electron chi connectivity index (χ4n) is 0.962. The standard InChI is InChI=1S/C9H10N2O2/c1-7-4-2-3-5-8(7)11-9(12)6-10-13/h2-5H,6H2,1H3,(H,11,12). The minimum atomic E-state index is -0.385. The molecule has 4 nitrogen and oxygen atoms in total. The molecule has 0 aliphatic rings. The van der Waals surface area contributed by atoms with Crippen molar-refractivity contribution in [3.63, 3.8) is 0 Å². The van der Waals surface area contributed by atoms with Crippen LogP contribution in [0, 0.1) is 11.8 Å². The van der Waals surface area contributed by atoms with Crippen LogP contribution in [0.25, 0.3) is 0 Å². The fourth-order valence-corrected chi connectivity index (χ4v) is 0.962. The van der Waals surface area contributed by atoms with Gasteiger partial charge in [-0.2, -0.15) is 4.91 Å². The maximum atomic E-state index is 11.0. The summed E-state index contributed by atoms with van der Waals surface area (Å²) in [7, 11) is 0. The molecule has 1 aromatic rings. The van der Waals surface area contributed by atoms with E-state index >= 15 is 0 Å². The molecule has 0 fully saturated rings. The molecule has 0 aromatic heterocycles. The Labute approximate surface area is 75.9 Å². The van der Waals surface area contributed by atoms with E-state index in [-0.39, 0.29) is 12.5 Å². The first kappa shape index (κ1) is 9.38. The third-order valence-electron chi connectivity index (χ3n) is 1.63.